The molecule has 0 bridgehead atoms. The molecule has 0 aliphatic carbocycles. The van der Waals surface area contributed by atoms with E-state index in [-0.39, 0.29) is 22.8 Å². The van der Waals surface area contributed by atoms with Crippen LogP contribution in [0, 0.1) is 5.82 Å². The zero-order chi connectivity index (χ0) is 26.0. The molecule has 0 saturated carbocycles. The van der Waals surface area contributed by atoms with Gasteiger partial charge in [0.1, 0.15) is 17.3 Å². The maximum absolute atomic E-state index is 14.1. The average molecular weight is 493 g/mol. The second-order valence-electron chi connectivity index (χ2n) is 7.84. The van der Waals surface area contributed by atoms with Gasteiger partial charge in [-0.3, -0.25) is 14.5 Å². The molecule has 0 radical (unpaired) electrons. The van der Waals surface area contributed by atoms with Crippen LogP contribution in [0.15, 0.2) is 66.2 Å². The Morgan fingerprint density at radius 1 is 0.861 bits per heavy atom. The molecule has 1 unspecified atom stereocenters. The number of aliphatic hydroxyl groups excluding tert-OH is 1. The van der Waals surface area contributed by atoms with Gasteiger partial charge in [0.25, 0.3) is 11.7 Å². The minimum Gasteiger partial charge on any atom is -0.507 e. The van der Waals surface area contributed by atoms with Crippen LogP contribution >= 0.6 is 0 Å². The molecule has 4 rings (SSSR count). The summed E-state index contributed by atoms with van der Waals surface area (Å²) in [5.41, 5.74) is 0.641. The molecule has 1 atom stereocenters. The number of aliphatic hydroxyl groups is 1. The molecule has 1 saturated heterocycles. The second-order valence-corrected chi connectivity index (χ2v) is 7.84. The molecule has 1 fully saturated rings. The van der Waals surface area contributed by atoms with Crippen molar-refractivity contribution >= 4 is 23.1 Å². The molecule has 186 valence electrons. The molecular weight excluding hydrogens is 469 g/mol. The maximum Gasteiger partial charge on any atom is 0.300 e. The fraction of sp³-hybridized carbons (Fsp3) is 0.185. The van der Waals surface area contributed by atoms with Crippen LogP contribution < -0.4 is 23.8 Å². The minimum atomic E-state index is -1.12. The standard InChI is InChI=1S/C27H24FNO7/c1-33-19-10-8-15(9-11-19)24(30)22-23(16-12-20(34-2)26(36-4)21(13-16)35-3)29(27(32)25(22)31)18-7-5-6-17(28)14-18/h5-14,23,30H,1-4H3/b24-22+. The number of halogens is 1. The summed E-state index contributed by atoms with van der Waals surface area (Å²) in [7, 11) is 5.82. The Kier molecular flexibility index (Phi) is 6.82. The van der Waals surface area contributed by atoms with Crippen LogP contribution in [0.1, 0.15) is 17.2 Å². The third-order valence-electron chi connectivity index (χ3n) is 5.90. The molecule has 8 nitrogen and oxygen atoms in total. The van der Waals surface area contributed by atoms with Crippen molar-refractivity contribution in [3.8, 4) is 23.0 Å². The Morgan fingerprint density at radius 2 is 1.50 bits per heavy atom. The largest absolute Gasteiger partial charge is 0.507 e. The molecule has 36 heavy (non-hydrogen) atoms. The highest BCUT2D eigenvalue weighted by atomic mass is 19.1. The number of amides is 1. The lowest BCUT2D eigenvalue weighted by molar-refractivity contribution is -0.132. The zero-order valence-corrected chi connectivity index (χ0v) is 20.1. The summed E-state index contributed by atoms with van der Waals surface area (Å²) in [4.78, 5) is 27.7. The number of carbonyl (C=O) groups is 2. The van der Waals surface area contributed by atoms with E-state index in [4.69, 9.17) is 18.9 Å². The van der Waals surface area contributed by atoms with Crippen LogP contribution in [0.25, 0.3) is 5.76 Å². The predicted molar refractivity (Wildman–Crippen MR) is 130 cm³/mol. The topological polar surface area (TPSA) is 94.5 Å². The number of hydrogen-bond acceptors (Lipinski definition) is 7. The van der Waals surface area contributed by atoms with Gasteiger partial charge in [-0.25, -0.2) is 4.39 Å². The van der Waals surface area contributed by atoms with E-state index >= 15 is 0 Å². The fourth-order valence-electron chi connectivity index (χ4n) is 4.20. The molecule has 3 aromatic rings. The number of Topliss-reactive ketones (excluding diaryl/α,β-unsaturated/α-hetero) is 1. The van der Waals surface area contributed by atoms with Gasteiger partial charge in [-0.15, -0.1) is 0 Å². The SMILES string of the molecule is COc1ccc(/C(O)=C2\C(=O)C(=O)N(c3cccc(F)c3)C2c2cc(OC)c(OC)c(OC)c2)cc1. The van der Waals surface area contributed by atoms with Gasteiger partial charge in [0.05, 0.1) is 40.1 Å². The lowest BCUT2D eigenvalue weighted by Gasteiger charge is -2.26. The quantitative estimate of drug-likeness (QED) is 0.295. The highest BCUT2D eigenvalue weighted by molar-refractivity contribution is 6.51. The van der Waals surface area contributed by atoms with Crippen molar-refractivity contribution in [3.05, 3.63) is 83.2 Å². The van der Waals surface area contributed by atoms with E-state index in [0.29, 0.717) is 22.6 Å². The van der Waals surface area contributed by atoms with Crippen molar-refractivity contribution < 1.29 is 38.0 Å². The predicted octanol–water partition coefficient (Wildman–Crippen LogP) is 4.49. The Hall–Kier alpha value is -4.53. The first-order valence-electron chi connectivity index (χ1n) is 10.9. The van der Waals surface area contributed by atoms with Crippen molar-refractivity contribution in [2.75, 3.05) is 33.3 Å². The van der Waals surface area contributed by atoms with Gasteiger partial charge in [-0.1, -0.05) is 6.07 Å². The summed E-state index contributed by atoms with van der Waals surface area (Å²) >= 11 is 0. The van der Waals surface area contributed by atoms with Crippen molar-refractivity contribution in [1.82, 2.24) is 0 Å². The van der Waals surface area contributed by atoms with Gasteiger partial charge < -0.3 is 24.1 Å². The Balaban J connectivity index is 2.00. The Labute approximate surface area is 207 Å². The summed E-state index contributed by atoms with van der Waals surface area (Å²) in [5.74, 6) is -1.42. The van der Waals surface area contributed by atoms with Gasteiger partial charge in [0.2, 0.25) is 5.75 Å². The van der Waals surface area contributed by atoms with Crippen LogP contribution in [0.4, 0.5) is 10.1 Å². The molecule has 1 N–H and O–H groups in total. The number of nitrogens with zero attached hydrogens (tertiary/aromatic N) is 1. The molecule has 1 amide bonds. The monoisotopic (exact) mass is 493 g/mol. The fourth-order valence-corrected chi connectivity index (χ4v) is 4.20. The first kappa shape index (κ1) is 24.6. The van der Waals surface area contributed by atoms with E-state index in [0.717, 1.165) is 11.0 Å². The normalized spacial score (nSPS) is 16.7. The summed E-state index contributed by atoms with van der Waals surface area (Å²) < 4.78 is 35.6. The van der Waals surface area contributed by atoms with Crippen molar-refractivity contribution in [3.63, 3.8) is 0 Å². The van der Waals surface area contributed by atoms with E-state index in [2.05, 4.69) is 0 Å². The van der Waals surface area contributed by atoms with Gasteiger partial charge in [-0.05, 0) is 60.2 Å². The minimum absolute atomic E-state index is 0.143. The molecule has 1 heterocycles. The third-order valence-corrected chi connectivity index (χ3v) is 5.90. The number of rotatable bonds is 7. The van der Waals surface area contributed by atoms with Gasteiger partial charge in [0, 0.05) is 11.3 Å². The molecule has 9 heteroatoms. The van der Waals surface area contributed by atoms with E-state index in [1.165, 1.54) is 46.6 Å². The summed E-state index contributed by atoms with van der Waals surface area (Å²) in [5, 5.41) is 11.3. The summed E-state index contributed by atoms with van der Waals surface area (Å²) in [6, 6.07) is 13.7. The number of benzene rings is 3. The van der Waals surface area contributed by atoms with Gasteiger partial charge in [-0.2, -0.15) is 0 Å². The van der Waals surface area contributed by atoms with E-state index in [1.807, 2.05) is 0 Å². The van der Waals surface area contributed by atoms with E-state index < -0.39 is 29.3 Å². The highest BCUT2D eigenvalue weighted by Crippen LogP contribution is 2.47. The molecule has 3 aromatic carbocycles. The van der Waals surface area contributed by atoms with Gasteiger partial charge >= 0.3 is 0 Å². The smallest absolute Gasteiger partial charge is 0.300 e. The zero-order valence-electron chi connectivity index (χ0n) is 20.1. The number of anilines is 1. The van der Waals surface area contributed by atoms with E-state index in [1.54, 1.807) is 36.4 Å². The van der Waals surface area contributed by atoms with Gasteiger partial charge in [0.15, 0.2) is 11.5 Å². The number of ether oxygens (including phenoxy) is 4. The average Bonchev–Trinajstić information content (AvgIpc) is 3.17. The Morgan fingerprint density at radius 3 is 2.03 bits per heavy atom. The molecule has 0 spiro atoms. The maximum atomic E-state index is 14.1. The summed E-state index contributed by atoms with van der Waals surface area (Å²) in [6.45, 7) is 0. The van der Waals surface area contributed by atoms with Crippen LogP contribution in [0.5, 0.6) is 23.0 Å². The molecule has 0 aromatic heterocycles. The van der Waals surface area contributed by atoms with Crippen LogP contribution in [0.2, 0.25) is 0 Å². The molecular formula is C27H24FNO7. The van der Waals surface area contributed by atoms with Crippen molar-refractivity contribution in [1.29, 1.82) is 0 Å². The first-order chi connectivity index (χ1) is 17.3. The van der Waals surface area contributed by atoms with Crippen LogP contribution in [-0.2, 0) is 9.59 Å². The number of hydrogen-bond donors (Lipinski definition) is 1. The third kappa shape index (κ3) is 4.19. The summed E-state index contributed by atoms with van der Waals surface area (Å²) in [6.07, 6.45) is 0. The number of ketones is 1. The Bertz CT molecular complexity index is 1330. The first-order valence-corrected chi connectivity index (χ1v) is 10.9. The number of methoxy groups -OCH3 is 4. The highest BCUT2D eigenvalue weighted by Gasteiger charge is 2.47. The van der Waals surface area contributed by atoms with Crippen molar-refractivity contribution in [2.24, 2.45) is 0 Å². The van der Waals surface area contributed by atoms with Crippen LogP contribution in [0.3, 0.4) is 0 Å². The number of carbonyl (C=O) groups excluding carboxylic acids is 2. The van der Waals surface area contributed by atoms with E-state index in [9.17, 15) is 19.1 Å². The molecule has 1 aliphatic heterocycles. The molecule has 1 aliphatic rings. The lowest BCUT2D eigenvalue weighted by Crippen LogP contribution is -2.29. The second kappa shape index (κ2) is 9.99. The van der Waals surface area contributed by atoms with Crippen LogP contribution in [-0.4, -0.2) is 45.2 Å². The lowest BCUT2D eigenvalue weighted by atomic mass is 9.94. The van der Waals surface area contributed by atoms with Crippen molar-refractivity contribution in [2.45, 2.75) is 6.04 Å².